The van der Waals surface area contributed by atoms with Crippen LogP contribution in [0.3, 0.4) is 0 Å². The van der Waals surface area contributed by atoms with Crippen molar-refractivity contribution in [1.82, 2.24) is 0 Å². The van der Waals surface area contributed by atoms with E-state index in [-0.39, 0.29) is 40.0 Å². The van der Waals surface area contributed by atoms with Crippen molar-refractivity contribution in [2.45, 2.75) is 19.8 Å². The van der Waals surface area contributed by atoms with Crippen LogP contribution in [0.1, 0.15) is 19.8 Å². The number of unbranched alkanes of at least 4 members (excludes halogenated alkanes) is 1. The summed E-state index contributed by atoms with van der Waals surface area (Å²) in [6.45, 7) is 5.72. The first kappa shape index (κ1) is 15.7. The van der Waals surface area contributed by atoms with Crippen LogP contribution in [0.15, 0.2) is 0 Å². The fraction of sp³-hybridized carbons (Fsp3) is 0.750. The monoisotopic (exact) mass is 160 g/mol. The van der Waals surface area contributed by atoms with Crippen LogP contribution < -0.4 is 17.0 Å². The molecular formula is C4H9BrMg. The zero-order valence-electron chi connectivity index (χ0n) is 4.21. The van der Waals surface area contributed by atoms with E-state index < -0.39 is 0 Å². The van der Waals surface area contributed by atoms with E-state index in [2.05, 4.69) is 13.8 Å². The summed E-state index contributed by atoms with van der Waals surface area (Å²) in [6, 6.07) is 0. The first-order valence-corrected chi connectivity index (χ1v) is 1.71. The van der Waals surface area contributed by atoms with E-state index >= 15 is 0 Å². The molecule has 0 fully saturated rings. The van der Waals surface area contributed by atoms with Gasteiger partial charge in [-0.05, 0) is 0 Å². The van der Waals surface area contributed by atoms with Crippen molar-refractivity contribution in [2.75, 3.05) is 0 Å². The summed E-state index contributed by atoms with van der Waals surface area (Å²) in [5.41, 5.74) is 0. The molecule has 0 spiro atoms. The molecule has 34 valence electrons. The molecule has 0 aromatic carbocycles. The maximum absolute atomic E-state index is 3.60. The second-order valence-electron chi connectivity index (χ2n) is 0.854. The molecule has 6 heavy (non-hydrogen) atoms. The van der Waals surface area contributed by atoms with Gasteiger partial charge in [0.1, 0.15) is 0 Å². The predicted molar refractivity (Wildman–Crippen MR) is 26.0 cm³/mol. The fourth-order valence-electron chi connectivity index (χ4n) is 0. The molecular weight excluding hydrogens is 152 g/mol. The quantitative estimate of drug-likeness (QED) is 0.316. The van der Waals surface area contributed by atoms with Gasteiger partial charge < -0.3 is 23.9 Å². The molecule has 0 bridgehead atoms. The summed E-state index contributed by atoms with van der Waals surface area (Å²) >= 11 is 0. The van der Waals surface area contributed by atoms with Crippen LogP contribution in [0.2, 0.25) is 0 Å². The maximum Gasteiger partial charge on any atom is 2.00 e. The molecule has 0 N–H and O–H groups in total. The van der Waals surface area contributed by atoms with Crippen molar-refractivity contribution in [3.63, 3.8) is 0 Å². The molecule has 0 amide bonds. The predicted octanol–water partition coefficient (Wildman–Crippen LogP) is -1.76. The van der Waals surface area contributed by atoms with E-state index in [1.165, 1.54) is 6.42 Å². The average molecular weight is 161 g/mol. The average Bonchev–Trinajstić information content (AvgIpc) is 1.37. The van der Waals surface area contributed by atoms with Crippen molar-refractivity contribution >= 4 is 23.1 Å². The summed E-state index contributed by atoms with van der Waals surface area (Å²) in [6.07, 6.45) is 2.28. The summed E-state index contributed by atoms with van der Waals surface area (Å²) in [5, 5.41) is 0. The van der Waals surface area contributed by atoms with Gasteiger partial charge in [-0.15, -0.1) is 0 Å². The van der Waals surface area contributed by atoms with Gasteiger partial charge in [-0.3, -0.25) is 0 Å². The third kappa shape index (κ3) is 18.7. The van der Waals surface area contributed by atoms with Gasteiger partial charge in [-0.1, -0.05) is 13.3 Å². The first-order valence-electron chi connectivity index (χ1n) is 1.71. The van der Waals surface area contributed by atoms with Crippen LogP contribution in [-0.2, 0) is 0 Å². The molecule has 0 nitrogen and oxygen atoms in total. The van der Waals surface area contributed by atoms with Crippen molar-refractivity contribution in [2.24, 2.45) is 0 Å². The number of hydrogen-bond donors (Lipinski definition) is 0. The largest absolute Gasteiger partial charge is 2.00 e. The van der Waals surface area contributed by atoms with Crippen LogP contribution in [0.4, 0.5) is 0 Å². The minimum atomic E-state index is 0. The Balaban J connectivity index is -0.0000000450. The Kier molecular flexibility index (Phi) is 42.6. The van der Waals surface area contributed by atoms with E-state index in [1.807, 2.05) is 0 Å². The summed E-state index contributed by atoms with van der Waals surface area (Å²) in [7, 11) is 0. The second-order valence-corrected chi connectivity index (χ2v) is 0.854. The van der Waals surface area contributed by atoms with Gasteiger partial charge in [0.05, 0.1) is 0 Å². The zero-order valence-corrected chi connectivity index (χ0v) is 7.21. The number of rotatable bonds is 1. The summed E-state index contributed by atoms with van der Waals surface area (Å²) in [4.78, 5) is 0. The standard InChI is InChI=1S/C4H9.BrH.Mg/c1-3-4-2;;/h1,3-4H2,2H3;1H;/q-1;;+2/p-1. The molecule has 0 saturated heterocycles. The van der Waals surface area contributed by atoms with Crippen LogP contribution >= 0.6 is 0 Å². The van der Waals surface area contributed by atoms with E-state index in [9.17, 15) is 0 Å². The fourth-order valence-corrected chi connectivity index (χ4v) is 0. The molecule has 0 aliphatic heterocycles. The van der Waals surface area contributed by atoms with Gasteiger partial charge in [-0.25, -0.2) is 0 Å². The second kappa shape index (κ2) is 16.3. The smallest absolute Gasteiger partial charge is 1.00 e. The first-order chi connectivity index (χ1) is 1.91. The Morgan fingerprint density at radius 3 is 1.67 bits per heavy atom. The van der Waals surface area contributed by atoms with Gasteiger partial charge in [0.2, 0.25) is 0 Å². The summed E-state index contributed by atoms with van der Waals surface area (Å²) in [5.74, 6) is 0. The van der Waals surface area contributed by atoms with Crippen LogP contribution in [0, 0.1) is 6.92 Å². The van der Waals surface area contributed by atoms with E-state index in [0.717, 1.165) is 6.42 Å². The van der Waals surface area contributed by atoms with Crippen LogP contribution in [-0.4, -0.2) is 23.1 Å². The van der Waals surface area contributed by atoms with Gasteiger partial charge in [-0.2, -0.15) is 6.42 Å². The van der Waals surface area contributed by atoms with Gasteiger partial charge in [0.25, 0.3) is 0 Å². The van der Waals surface area contributed by atoms with Gasteiger partial charge in [0, 0.05) is 0 Å². The molecule has 2 heteroatoms. The molecule has 0 unspecified atom stereocenters. The minimum absolute atomic E-state index is 0. The Morgan fingerprint density at radius 1 is 1.50 bits per heavy atom. The molecule has 0 heterocycles. The molecule has 0 aliphatic carbocycles. The molecule has 0 saturated carbocycles. The van der Waals surface area contributed by atoms with Crippen molar-refractivity contribution in [1.29, 1.82) is 0 Å². The maximum atomic E-state index is 3.60. The Bertz CT molecular complexity index is 9.51. The molecule has 0 radical (unpaired) electrons. The van der Waals surface area contributed by atoms with Gasteiger partial charge >= 0.3 is 23.1 Å². The third-order valence-corrected chi connectivity index (χ3v) is 0.354. The third-order valence-electron chi connectivity index (χ3n) is 0.354. The molecule has 0 aliphatic rings. The van der Waals surface area contributed by atoms with Crippen LogP contribution in [0.5, 0.6) is 0 Å². The Morgan fingerprint density at radius 2 is 1.67 bits per heavy atom. The zero-order chi connectivity index (χ0) is 3.41. The normalized spacial score (nSPS) is 5.00. The SMILES string of the molecule is [Br-].[CH2-]CCC.[Mg+2]. The minimum Gasteiger partial charge on any atom is -1.00 e. The Hall–Kier alpha value is 1.25. The molecule has 0 rings (SSSR count). The Labute approximate surface area is 66.6 Å². The van der Waals surface area contributed by atoms with E-state index in [0.29, 0.717) is 0 Å². The summed E-state index contributed by atoms with van der Waals surface area (Å²) < 4.78 is 0. The molecule has 0 aromatic heterocycles. The van der Waals surface area contributed by atoms with Crippen LogP contribution in [0.25, 0.3) is 0 Å². The molecule has 0 atom stereocenters. The van der Waals surface area contributed by atoms with Gasteiger partial charge in [0.15, 0.2) is 0 Å². The number of halogens is 1. The number of hydrogen-bond acceptors (Lipinski definition) is 0. The van der Waals surface area contributed by atoms with Crippen molar-refractivity contribution < 1.29 is 17.0 Å². The molecule has 0 aromatic rings. The topological polar surface area (TPSA) is 0 Å². The van der Waals surface area contributed by atoms with E-state index in [1.54, 1.807) is 0 Å². The van der Waals surface area contributed by atoms with E-state index in [4.69, 9.17) is 0 Å². The van der Waals surface area contributed by atoms with Crippen molar-refractivity contribution in [3.8, 4) is 0 Å². The van der Waals surface area contributed by atoms with Crippen molar-refractivity contribution in [3.05, 3.63) is 6.92 Å².